The van der Waals surface area contributed by atoms with Crippen molar-refractivity contribution in [3.63, 3.8) is 0 Å². The van der Waals surface area contributed by atoms with Gasteiger partial charge in [-0.15, -0.1) is 11.3 Å². The summed E-state index contributed by atoms with van der Waals surface area (Å²) >= 11 is 1.63. The maximum atomic E-state index is 13.4. The zero-order chi connectivity index (χ0) is 26.5. The number of ether oxygens (including phenoxy) is 1. The lowest BCUT2D eigenvalue weighted by Crippen LogP contribution is -2.35. The van der Waals surface area contributed by atoms with Crippen molar-refractivity contribution in [1.82, 2.24) is 10.2 Å². The molecule has 1 atom stereocenters. The minimum Gasteiger partial charge on any atom is -0.444 e. The van der Waals surface area contributed by atoms with Crippen molar-refractivity contribution in [3.8, 4) is 0 Å². The van der Waals surface area contributed by atoms with Crippen LogP contribution >= 0.6 is 11.3 Å². The lowest BCUT2D eigenvalue weighted by molar-refractivity contribution is -0.115. The normalized spacial score (nSPS) is 16.6. The Bertz CT molecular complexity index is 1020. The predicted molar refractivity (Wildman–Crippen MR) is 143 cm³/mol. The van der Waals surface area contributed by atoms with Crippen LogP contribution in [0.3, 0.4) is 0 Å². The first kappa shape index (κ1) is 28.8. The van der Waals surface area contributed by atoms with E-state index in [0.29, 0.717) is 30.6 Å². The SMILES string of the molecule is CCCC(=O)/C(CNC(=O)c1c(C2CCN(C(=O)OC(C)(C)C)C2)sc(C)c1C)=C(/C)C=C(C)C. The summed E-state index contributed by atoms with van der Waals surface area (Å²) in [5.74, 6) is -0.000721. The Morgan fingerprint density at radius 2 is 1.83 bits per heavy atom. The van der Waals surface area contributed by atoms with Crippen LogP contribution in [0.4, 0.5) is 4.79 Å². The summed E-state index contributed by atoms with van der Waals surface area (Å²) in [4.78, 5) is 42.6. The topological polar surface area (TPSA) is 75.7 Å². The molecule has 2 rings (SSSR count). The third-order valence-corrected chi connectivity index (χ3v) is 7.44. The molecule has 6 nitrogen and oxygen atoms in total. The van der Waals surface area contributed by atoms with Gasteiger partial charge in [-0.3, -0.25) is 9.59 Å². The Balaban J connectivity index is 2.25. The van der Waals surface area contributed by atoms with E-state index >= 15 is 0 Å². The fourth-order valence-electron chi connectivity index (χ4n) is 4.30. The summed E-state index contributed by atoms with van der Waals surface area (Å²) < 4.78 is 5.54. The van der Waals surface area contributed by atoms with E-state index in [2.05, 4.69) is 5.32 Å². The minimum absolute atomic E-state index is 0.0741. The Labute approximate surface area is 214 Å². The van der Waals surface area contributed by atoms with Crippen LogP contribution in [0.2, 0.25) is 0 Å². The largest absolute Gasteiger partial charge is 0.444 e. The predicted octanol–water partition coefficient (Wildman–Crippen LogP) is 6.47. The number of nitrogens with one attached hydrogen (secondary N) is 1. The van der Waals surface area contributed by atoms with Gasteiger partial charge in [0.05, 0.1) is 5.56 Å². The second kappa shape index (κ2) is 12.0. The Kier molecular flexibility index (Phi) is 9.90. The van der Waals surface area contributed by atoms with Crippen molar-refractivity contribution < 1.29 is 19.1 Å². The Morgan fingerprint density at radius 1 is 1.17 bits per heavy atom. The lowest BCUT2D eigenvalue weighted by atomic mass is 9.98. The third kappa shape index (κ3) is 7.79. The second-order valence-corrected chi connectivity index (χ2v) is 11.9. The molecule has 1 aromatic rings. The number of rotatable bonds is 8. The fraction of sp³-hybridized carbons (Fsp3) is 0.607. The molecule has 1 aliphatic heterocycles. The summed E-state index contributed by atoms with van der Waals surface area (Å²) in [6, 6.07) is 0. The number of likely N-dealkylation sites (tertiary alicyclic amines) is 1. The van der Waals surface area contributed by atoms with Gasteiger partial charge >= 0.3 is 6.09 Å². The molecule has 194 valence electrons. The third-order valence-electron chi connectivity index (χ3n) is 6.07. The Morgan fingerprint density at radius 3 is 2.40 bits per heavy atom. The van der Waals surface area contributed by atoms with Gasteiger partial charge < -0.3 is 15.0 Å². The van der Waals surface area contributed by atoms with Gasteiger partial charge in [0.1, 0.15) is 5.60 Å². The number of aryl methyl sites for hydroxylation is 1. The molecule has 1 unspecified atom stereocenters. The summed E-state index contributed by atoms with van der Waals surface area (Å²) in [7, 11) is 0. The molecule has 0 saturated carbocycles. The molecule has 1 N–H and O–H groups in total. The number of amides is 2. The first-order valence-corrected chi connectivity index (χ1v) is 13.3. The lowest BCUT2D eigenvalue weighted by Gasteiger charge is -2.24. The summed E-state index contributed by atoms with van der Waals surface area (Å²) in [6.45, 7) is 18.8. The van der Waals surface area contributed by atoms with Gasteiger partial charge in [-0.1, -0.05) is 18.6 Å². The number of carbonyl (C=O) groups excluding carboxylic acids is 3. The molecule has 2 amide bonds. The molecule has 0 aromatic carbocycles. The molecule has 1 aliphatic rings. The molecule has 0 radical (unpaired) electrons. The van der Waals surface area contributed by atoms with Crippen molar-refractivity contribution in [2.75, 3.05) is 19.6 Å². The highest BCUT2D eigenvalue weighted by Gasteiger charge is 2.34. The van der Waals surface area contributed by atoms with Gasteiger partial charge in [0.15, 0.2) is 5.78 Å². The van der Waals surface area contributed by atoms with Crippen LogP contribution in [0, 0.1) is 13.8 Å². The van der Waals surface area contributed by atoms with Crippen molar-refractivity contribution in [2.45, 2.75) is 93.1 Å². The van der Waals surface area contributed by atoms with E-state index in [1.54, 1.807) is 16.2 Å². The van der Waals surface area contributed by atoms with Crippen LogP contribution in [-0.4, -0.2) is 47.9 Å². The van der Waals surface area contributed by atoms with E-state index in [0.717, 1.165) is 39.3 Å². The number of allylic oxidation sites excluding steroid dienone is 3. The van der Waals surface area contributed by atoms with Crippen LogP contribution in [0.25, 0.3) is 0 Å². The number of ketones is 1. The second-order valence-electron chi connectivity index (χ2n) is 10.7. The van der Waals surface area contributed by atoms with E-state index < -0.39 is 5.60 Å². The molecule has 0 spiro atoms. The first-order chi connectivity index (χ1) is 16.2. The van der Waals surface area contributed by atoms with E-state index in [1.807, 2.05) is 68.4 Å². The summed E-state index contributed by atoms with van der Waals surface area (Å²) in [5.41, 5.74) is 3.77. The smallest absolute Gasteiger partial charge is 0.410 e. The van der Waals surface area contributed by atoms with Crippen LogP contribution in [-0.2, 0) is 9.53 Å². The maximum Gasteiger partial charge on any atom is 0.410 e. The van der Waals surface area contributed by atoms with E-state index in [4.69, 9.17) is 4.74 Å². The summed E-state index contributed by atoms with van der Waals surface area (Å²) in [5, 5.41) is 3.03. The first-order valence-electron chi connectivity index (χ1n) is 12.5. The minimum atomic E-state index is -0.541. The number of hydrogen-bond donors (Lipinski definition) is 1. The molecule has 0 bridgehead atoms. The molecular formula is C28H42N2O4S. The molecule has 0 aliphatic carbocycles. The number of thiophene rings is 1. The van der Waals surface area contributed by atoms with E-state index in [-0.39, 0.29) is 30.2 Å². The van der Waals surface area contributed by atoms with Crippen LogP contribution in [0.5, 0.6) is 0 Å². The van der Waals surface area contributed by atoms with Gasteiger partial charge in [-0.2, -0.15) is 0 Å². The van der Waals surface area contributed by atoms with Gasteiger partial charge in [0.25, 0.3) is 5.91 Å². The van der Waals surface area contributed by atoms with Crippen molar-refractivity contribution in [2.24, 2.45) is 0 Å². The van der Waals surface area contributed by atoms with Crippen molar-refractivity contribution >= 4 is 29.1 Å². The average Bonchev–Trinajstić information content (AvgIpc) is 3.32. The molecule has 1 fully saturated rings. The molecule has 7 heteroatoms. The zero-order valence-corrected chi connectivity index (χ0v) is 23.7. The molecule has 35 heavy (non-hydrogen) atoms. The average molecular weight is 503 g/mol. The van der Waals surface area contributed by atoms with Gasteiger partial charge in [-0.05, 0) is 79.4 Å². The number of Topliss-reactive ketones (excluding diaryl/α,β-unsaturated/α-hetero) is 1. The highest BCUT2D eigenvalue weighted by Crippen LogP contribution is 2.38. The molecular weight excluding hydrogens is 460 g/mol. The van der Waals surface area contributed by atoms with Crippen molar-refractivity contribution in [1.29, 1.82) is 0 Å². The quantitative estimate of drug-likeness (QED) is 0.326. The zero-order valence-electron chi connectivity index (χ0n) is 22.9. The maximum absolute atomic E-state index is 13.4. The molecule has 1 aromatic heterocycles. The number of hydrogen-bond acceptors (Lipinski definition) is 5. The van der Waals surface area contributed by atoms with Crippen LogP contribution in [0.1, 0.15) is 99.3 Å². The monoisotopic (exact) mass is 502 g/mol. The van der Waals surface area contributed by atoms with Crippen LogP contribution < -0.4 is 5.32 Å². The number of nitrogens with zero attached hydrogens (tertiary/aromatic N) is 1. The highest BCUT2D eigenvalue weighted by atomic mass is 32.1. The molecule has 2 heterocycles. The molecule has 1 saturated heterocycles. The fourth-order valence-corrected chi connectivity index (χ4v) is 5.59. The van der Waals surface area contributed by atoms with Gasteiger partial charge in [-0.25, -0.2) is 4.79 Å². The Hall–Kier alpha value is -2.41. The summed E-state index contributed by atoms with van der Waals surface area (Å²) in [6.07, 6.45) is 3.70. The van der Waals surface area contributed by atoms with E-state index in [1.165, 1.54) is 0 Å². The highest BCUT2D eigenvalue weighted by molar-refractivity contribution is 7.12. The van der Waals surface area contributed by atoms with Crippen LogP contribution in [0.15, 0.2) is 22.8 Å². The van der Waals surface area contributed by atoms with Gasteiger partial charge in [0.2, 0.25) is 0 Å². The van der Waals surface area contributed by atoms with Crippen molar-refractivity contribution in [3.05, 3.63) is 43.7 Å². The standard InChI is InChI=1S/C28H42N2O4S/c1-10-11-23(31)22(18(4)14-17(2)3)15-29-26(32)24-19(5)20(6)35-25(24)21-12-13-30(16-21)27(33)34-28(7,8)9/h14,21H,10-13,15-16H2,1-9H3,(H,29,32)/b22-18-. The number of carbonyl (C=O) groups is 3. The van der Waals surface area contributed by atoms with E-state index in [9.17, 15) is 14.4 Å². The van der Waals surface area contributed by atoms with Gasteiger partial charge in [0, 0.05) is 47.3 Å².